The van der Waals surface area contributed by atoms with Crippen LogP contribution in [0.1, 0.15) is 24.2 Å². The molecule has 1 rings (SSSR count). The number of amides is 2. The molecule has 0 aliphatic heterocycles. The largest absolute Gasteiger partial charge is 0.454 e. The monoisotopic (exact) mass is 310 g/mol. The number of halogens is 1. The molecule has 0 saturated carbocycles. The number of carbonyl (C=O) groups is 3. The van der Waals surface area contributed by atoms with Gasteiger partial charge in [0.25, 0.3) is 11.8 Å². The summed E-state index contributed by atoms with van der Waals surface area (Å²) in [5, 5.41) is 4.74. The average molecular weight is 310 g/mol. The van der Waals surface area contributed by atoms with E-state index in [1.54, 1.807) is 13.8 Å². The Hall–Kier alpha value is -2.44. The molecule has 1 atom stereocenters. The van der Waals surface area contributed by atoms with Crippen LogP contribution in [-0.2, 0) is 14.3 Å². The van der Waals surface area contributed by atoms with Crippen LogP contribution >= 0.6 is 0 Å². The predicted octanol–water partition coefficient (Wildman–Crippen LogP) is 0.869. The Morgan fingerprint density at radius 3 is 2.41 bits per heavy atom. The number of ether oxygens (including phenoxy) is 1. The molecule has 22 heavy (non-hydrogen) atoms. The molecule has 0 aliphatic carbocycles. The Morgan fingerprint density at radius 2 is 1.86 bits per heavy atom. The van der Waals surface area contributed by atoms with Crippen LogP contribution < -0.4 is 10.6 Å². The van der Waals surface area contributed by atoms with E-state index in [1.807, 2.05) is 0 Å². The fourth-order valence-electron chi connectivity index (χ4n) is 1.66. The first-order chi connectivity index (χ1) is 10.4. The van der Waals surface area contributed by atoms with Gasteiger partial charge in [-0.15, -0.1) is 0 Å². The number of carbonyl (C=O) groups excluding carboxylic acids is 3. The highest BCUT2D eigenvalue weighted by Gasteiger charge is 2.27. The molecule has 0 spiro atoms. The zero-order valence-corrected chi connectivity index (χ0v) is 12.7. The Morgan fingerprint density at radius 1 is 1.23 bits per heavy atom. The van der Waals surface area contributed by atoms with Gasteiger partial charge < -0.3 is 15.4 Å². The molecule has 0 bridgehead atoms. The van der Waals surface area contributed by atoms with E-state index < -0.39 is 36.2 Å². The normalized spacial score (nSPS) is 11.7. The number of rotatable bonds is 6. The lowest BCUT2D eigenvalue weighted by atomic mass is 10.0. The van der Waals surface area contributed by atoms with Crippen LogP contribution in [0, 0.1) is 11.7 Å². The number of benzene rings is 1. The van der Waals surface area contributed by atoms with Crippen LogP contribution in [-0.4, -0.2) is 37.5 Å². The lowest BCUT2D eigenvalue weighted by molar-refractivity contribution is -0.151. The standard InChI is InChI=1S/C15H19FN2O4/c1-9(2)13(15(21)22-8-12(19)17-3)18-14(20)10-6-4-5-7-11(10)16/h4-7,9,13H,8H2,1-3H3,(H,17,19)(H,18,20)/t13-/m0/s1. The molecule has 0 unspecified atom stereocenters. The van der Waals surface area contributed by atoms with Crippen molar-refractivity contribution in [1.82, 2.24) is 10.6 Å². The fraction of sp³-hybridized carbons (Fsp3) is 0.400. The maximum Gasteiger partial charge on any atom is 0.329 e. The summed E-state index contributed by atoms with van der Waals surface area (Å²) in [6, 6.07) is 4.48. The van der Waals surface area contributed by atoms with Crippen molar-refractivity contribution in [1.29, 1.82) is 0 Å². The van der Waals surface area contributed by atoms with Crippen molar-refractivity contribution in [3.05, 3.63) is 35.6 Å². The molecule has 7 heteroatoms. The Labute approximate surface area is 128 Å². The molecular weight excluding hydrogens is 291 g/mol. The third kappa shape index (κ3) is 4.83. The molecule has 1 aromatic rings. The molecule has 120 valence electrons. The number of nitrogens with one attached hydrogen (secondary N) is 2. The summed E-state index contributed by atoms with van der Waals surface area (Å²) in [4.78, 5) is 35.1. The SMILES string of the molecule is CNC(=O)COC(=O)[C@@H](NC(=O)c1ccccc1F)C(C)C. The first kappa shape index (κ1) is 17.6. The van der Waals surface area contributed by atoms with Gasteiger partial charge in [0.1, 0.15) is 11.9 Å². The van der Waals surface area contributed by atoms with Crippen LogP contribution in [0.15, 0.2) is 24.3 Å². The molecule has 1 aromatic carbocycles. The molecule has 0 fully saturated rings. The maximum absolute atomic E-state index is 13.6. The predicted molar refractivity (Wildman–Crippen MR) is 77.5 cm³/mol. The van der Waals surface area contributed by atoms with E-state index in [1.165, 1.54) is 25.2 Å². The third-order valence-electron chi connectivity index (χ3n) is 2.95. The van der Waals surface area contributed by atoms with Crippen molar-refractivity contribution >= 4 is 17.8 Å². The zero-order valence-electron chi connectivity index (χ0n) is 12.7. The van der Waals surface area contributed by atoms with Gasteiger partial charge in [0.15, 0.2) is 6.61 Å². The van der Waals surface area contributed by atoms with E-state index in [0.29, 0.717) is 0 Å². The average Bonchev–Trinajstić information content (AvgIpc) is 2.49. The summed E-state index contributed by atoms with van der Waals surface area (Å²) in [6.07, 6.45) is 0. The maximum atomic E-state index is 13.6. The van der Waals surface area contributed by atoms with E-state index >= 15 is 0 Å². The second-order valence-electron chi connectivity index (χ2n) is 4.96. The van der Waals surface area contributed by atoms with Crippen molar-refractivity contribution in [3.8, 4) is 0 Å². The van der Waals surface area contributed by atoms with Crippen LogP contribution in [0.3, 0.4) is 0 Å². The lowest BCUT2D eigenvalue weighted by Crippen LogP contribution is -2.46. The van der Waals surface area contributed by atoms with Gasteiger partial charge in [-0.1, -0.05) is 26.0 Å². The fourth-order valence-corrected chi connectivity index (χ4v) is 1.66. The van der Waals surface area contributed by atoms with Gasteiger partial charge in [-0.3, -0.25) is 9.59 Å². The minimum atomic E-state index is -0.975. The summed E-state index contributed by atoms with van der Waals surface area (Å²) >= 11 is 0. The van der Waals surface area contributed by atoms with E-state index in [-0.39, 0.29) is 11.5 Å². The summed E-state index contributed by atoms with van der Waals surface area (Å²) in [5.74, 6) is -2.89. The van der Waals surface area contributed by atoms with Gasteiger partial charge in [0.2, 0.25) is 0 Å². The van der Waals surface area contributed by atoms with E-state index in [0.717, 1.165) is 6.07 Å². The minimum absolute atomic E-state index is 0.160. The van der Waals surface area contributed by atoms with Gasteiger partial charge in [0.05, 0.1) is 5.56 Å². The lowest BCUT2D eigenvalue weighted by Gasteiger charge is -2.20. The van der Waals surface area contributed by atoms with Crippen molar-refractivity contribution in [2.45, 2.75) is 19.9 Å². The van der Waals surface area contributed by atoms with Crippen molar-refractivity contribution in [2.24, 2.45) is 5.92 Å². The highest BCUT2D eigenvalue weighted by Crippen LogP contribution is 2.09. The number of likely N-dealkylation sites (N-methyl/N-ethyl adjacent to an activating group) is 1. The summed E-state index contributed by atoms with van der Waals surface area (Å²) < 4.78 is 18.4. The Bertz CT molecular complexity index is 560. The van der Waals surface area contributed by atoms with Crippen molar-refractivity contribution in [2.75, 3.05) is 13.7 Å². The van der Waals surface area contributed by atoms with Gasteiger partial charge in [-0.2, -0.15) is 0 Å². The van der Waals surface area contributed by atoms with E-state index in [9.17, 15) is 18.8 Å². The summed E-state index contributed by atoms with van der Waals surface area (Å²) in [6.45, 7) is 2.97. The molecule has 0 radical (unpaired) electrons. The molecule has 2 amide bonds. The molecule has 0 aromatic heterocycles. The van der Waals surface area contributed by atoms with E-state index in [2.05, 4.69) is 10.6 Å². The number of hydrogen-bond donors (Lipinski definition) is 2. The topological polar surface area (TPSA) is 84.5 Å². The summed E-state index contributed by atoms with van der Waals surface area (Å²) in [5.41, 5.74) is -0.160. The highest BCUT2D eigenvalue weighted by molar-refractivity contribution is 5.97. The van der Waals surface area contributed by atoms with Gasteiger partial charge in [-0.25, -0.2) is 9.18 Å². The minimum Gasteiger partial charge on any atom is -0.454 e. The molecule has 2 N–H and O–H groups in total. The van der Waals surface area contributed by atoms with Crippen LogP contribution in [0.2, 0.25) is 0 Å². The quantitative estimate of drug-likeness (QED) is 0.764. The van der Waals surface area contributed by atoms with Crippen LogP contribution in [0.4, 0.5) is 4.39 Å². The molecular formula is C15H19FN2O4. The van der Waals surface area contributed by atoms with Gasteiger partial charge >= 0.3 is 5.97 Å². The van der Waals surface area contributed by atoms with Gasteiger partial charge in [0, 0.05) is 7.05 Å². The van der Waals surface area contributed by atoms with Crippen LogP contribution in [0.5, 0.6) is 0 Å². The Balaban J connectivity index is 2.76. The molecule has 0 saturated heterocycles. The molecule has 6 nitrogen and oxygen atoms in total. The molecule has 0 aliphatic rings. The van der Waals surface area contributed by atoms with Gasteiger partial charge in [-0.05, 0) is 18.1 Å². The smallest absolute Gasteiger partial charge is 0.329 e. The first-order valence-corrected chi connectivity index (χ1v) is 6.79. The molecule has 0 heterocycles. The van der Waals surface area contributed by atoms with Crippen molar-refractivity contribution in [3.63, 3.8) is 0 Å². The number of hydrogen-bond acceptors (Lipinski definition) is 4. The Kier molecular flexibility index (Phi) is 6.49. The van der Waals surface area contributed by atoms with E-state index in [4.69, 9.17) is 4.74 Å². The second-order valence-corrected chi connectivity index (χ2v) is 4.96. The third-order valence-corrected chi connectivity index (χ3v) is 2.95. The first-order valence-electron chi connectivity index (χ1n) is 6.79. The van der Waals surface area contributed by atoms with Crippen molar-refractivity contribution < 1.29 is 23.5 Å². The zero-order chi connectivity index (χ0) is 16.7. The highest BCUT2D eigenvalue weighted by atomic mass is 19.1. The second kappa shape index (κ2) is 8.11. The summed E-state index contributed by atoms with van der Waals surface area (Å²) in [7, 11) is 1.41. The van der Waals surface area contributed by atoms with Crippen LogP contribution in [0.25, 0.3) is 0 Å². The number of esters is 1.